The van der Waals surface area contributed by atoms with Gasteiger partial charge in [0.05, 0.1) is 46.6 Å². The van der Waals surface area contributed by atoms with Crippen molar-refractivity contribution < 1.29 is 47.1 Å². The molecule has 2 aromatic carbocycles. The Morgan fingerprint density at radius 2 is 1.15 bits per heavy atom. The maximum atomic E-state index is 12.0. The fourth-order valence-corrected chi connectivity index (χ4v) is 14.1. The molecule has 436 valence electrons. The smallest absolute Gasteiger partial charge is 0.250 e. The second-order valence-electron chi connectivity index (χ2n) is 23.1. The summed E-state index contributed by atoms with van der Waals surface area (Å²) < 4.78 is 58.5. The largest absolute Gasteiger partial charge is 0.493 e. The van der Waals surface area contributed by atoms with Crippen molar-refractivity contribution in [3.8, 4) is 5.75 Å². The zero-order valence-corrected chi connectivity index (χ0v) is 48.1. The Morgan fingerprint density at radius 3 is 1.78 bits per heavy atom. The van der Waals surface area contributed by atoms with Crippen molar-refractivity contribution in [3.63, 3.8) is 0 Å². The van der Waals surface area contributed by atoms with Crippen LogP contribution in [0.2, 0.25) is 0 Å². The number of aryl methyl sites for hydroxylation is 2. The van der Waals surface area contributed by atoms with E-state index in [9.17, 15) is 47.2 Å². The van der Waals surface area contributed by atoms with E-state index in [0.29, 0.717) is 63.9 Å². The lowest BCUT2D eigenvalue weighted by Gasteiger charge is -2.33. The minimum absolute atomic E-state index is 0. The summed E-state index contributed by atoms with van der Waals surface area (Å²) in [7, 11) is -6.47. The Labute approximate surface area is 466 Å². The molecule has 10 rings (SSSR count). The Bertz CT molecular complexity index is 2960. The molecule has 15 nitrogen and oxygen atoms in total. The Kier molecular flexibility index (Phi) is 23.8. The Hall–Kier alpha value is -4.62. The number of benzene rings is 2. The third-order valence-electron chi connectivity index (χ3n) is 16.3. The lowest BCUT2D eigenvalue weighted by atomic mass is 9.83. The van der Waals surface area contributed by atoms with Crippen LogP contribution in [-0.2, 0) is 39.3 Å². The summed E-state index contributed by atoms with van der Waals surface area (Å²) in [5.74, 6) is 4.25. The number of nitrogens with zero attached hydrogens (tertiary/aromatic N) is 4. The van der Waals surface area contributed by atoms with E-state index in [-0.39, 0.29) is 66.9 Å². The van der Waals surface area contributed by atoms with Gasteiger partial charge in [0, 0.05) is 79.3 Å². The van der Waals surface area contributed by atoms with Crippen molar-refractivity contribution in [1.29, 1.82) is 0 Å². The van der Waals surface area contributed by atoms with Crippen LogP contribution in [0.5, 0.6) is 5.75 Å². The molecule has 5 aliphatic heterocycles. The zero-order valence-electron chi connectivity index (χ0n) is 46.5. The third-order valence-corrected chi connectivity index (χ3v) is 19.3. The molecule has 0 spiro atoms. The number of ether oxygens (including phenoxy) is 1. The monoisotopic (exact) mass is 1120 g/mol. The van der Waals surface area contributed by atoms with Crippen LogP contribution in [0.15, 0.2) is 106 Å². The van der Waals surface area contributed by atoms with Crippen molar-refractivity contribution in [2.75, 3.05) is 18.6 Å². The van der Waals surface area contributed by atoms with E-state index in [0.717, 1.165) is 62.4 Å². The molecule has 0 saturated carbocycles. The number of hydrogen-bond acceptors (Lipinski definition) is 12. The van der Waals surface area contributed by atoms with Crippen molar-refractivity contribution in [2.24, 2.45) is 59.2 Å². The highest BCUT2D eigenvalue weighted by molar-refractivity contribution is 7.91. The Morgan fingerprint density at radius 1 is 0.590 bits per heavy atom. The number of aromatic nitrogens is 4. The van der Waals surface area contributed by atoms with Crippen LogP contribution >= 0.6 is 0 Å². The highest BCUT2D eigenvalue weighted by Gasteiger charge is 2.39. The van der Waals surface area contributed by atoms with Crippen molar-refractivity contribution in [2.45, 2.75) is 170 Å². The molecule has 10 unspecified atom stereocenters. The molecule has 0 saturated heterocycles. The molecule has 3 aromatic heterocycles. The molecular weight excluding hydrogens is 1030 g/mol. The lowest BCUT2D eigenvalue weighted by Crippen LogP contribution is -2.34. The fraction of sp³-hybridized carbons (Fsp3) is 0.607. The highest BCUT2D eigenvalue weighted by Crippen LogP contribution is 2.42. The van der Waals surface area contributed by atoms with Crippen LogP contribution in [0, 0.1) is 59.2 Å². The molecule has 5 aliphatic rings. The molecule has 5 aromatic rings. The van der Waals surface area contributed by atoms with E-state index in [1.165, 1.54) is 18.6 Å². The second kappa shape index (κ2) is 28.2. The SMILES string of the molecule is C.C.CC(C)C1CCCn2cccc2C1O.CC(C)C1CCn2c(cccc2=O)C1O.CC(C)C1CCn2ccnc2C1O.CC(C)C1COc2cc(S(C)(=O)=O)ccc2C1O.CC(C)C1CS(=O)(=O)c2ccccc2C1O. The summed E-state index contributed by atoms with van der Waals surface area (Å²) in [5.41, 5.74) is 3.09. The van der Waals surface area contributed by atoms with Crippen LogP contribution in [0.25, 0.3) is 0 Å². The Balaban J connectivity index is 0.000000210. The first-order chi connectivity index (χ1) is 35.7. The van der Waals surface area contributed by atoms with E-state index in [4.69, 9.17) is 4.74 Å². The van der Waals surface area contributed by atoms with Gasteiger partial charge in [0.15, 0.2) is 19.7 Å². The first kappa shape index (κ1) is 65.9. The fourth-order valence-electron chi connectivity index (χ4n) is 11.4. The van der Waals surface area contributed by atoms with Crippen LogP contribution in [-0.4, -0.2) is 79.7 Å². The molecular formula is C61H94N4O11S2. The number of pyridine rings is 1. The molecule has 78 heavy (non-hydrogen) atoms. The topological polar surface area (TPSA) is 223 Å². The normalized spacial score (nSPS) is 25.6. The lowest BCUT2D eigenvalue weighted by molar-refractivity contribution is 0.0261. The molecule has 0 radical (unpaired) electrons. The van der Waals surface area contributed by atoms with Crippen LogP contribution in [0.3, 0.4) is 0 Å². The van der Waals surface area contributed by atoms with Crippen molar-refractivity contribution >= 4 is 19.7 Å². The first-order valence-electron chi connectivity index (χ1n) is 27.3. The molecule has 17 heteroatoms. The molecule has 8 heterocycles. The molecule has 0 amide bonds. The molecule has 0 fully saturated rings. The molecule has 0 bridgehead atoms. The van der Waals surface area contributed by atoms with E-state index in [2.05, 4.69) is 57.3 Å². The average molecular weight is 1120 g/mol. The van der Waals surface area contributed by atoms with E-state index in [1.807, 2.05) is 56.7 Å². The van der Waals surface area contributed by atoms with Gasteiger partial charge in [0.25, 0.3) is 5.56 Å². The highest BCUT2D eigenvalue weighted by atomic mass is 32.2. The van der Waals surface area contributed by atoms with Gasteiger partial charge in [0.1, 0.15) is 17.7 Å². The maximum Gasteiger partial charge on any atom is 0.250 e. The van der Waals surface area contributed by atoms with E-state index < -0.39 is 38.0 Å². The number of aliphatic hydroxyl groups is 5. The summed E-state index contributed by atoms with van der Waals surface area (Å²) >= 11 is 0. The van der Waals surface area contributed by atoms with Gasteiger partial charge in [-0.15, -0.1) is 0 Å². The van der Waals surface area contributed by atoms with Gasteiger partial charge in [0.2, 0.25) is 0 Å². The van der Waals surface area contributed by atoms with Crippen LogP contribution in [0.4, 0.5) is 0 Å². The van der Waals surface area contributed by atoms with Gasteiger partial charge in [-0.2, -0.15) is 0 Å². The second-order valence-corrected chi connectivity index (χ2v) is 27.1. The van der Waals surface area contributed by atoms with Crippen molar-refractivity contribution in [1.82, 2.24) is 18.7 Å². The first-order valence-corrected chi connectivity index (χ1v) is 30.8. The molecule has 10 atom stereocenters. The zero-order chi connectivity index (χ0) is 56.0. The summed E-state index contributed by atoms with van der Waals surface area (Å²) in [6, 6.07) is 20.6. The van der Waals surface area contributed by atoms with Gasteiger partial charge in [-0.1, -0.05) is 114 Å². The quantitative estimate of drug-likeness (QED) is 0.107. The summed E-state index contributed by atoms with van der Waals surface area (Å²) in [6.45, 7) is 24.1. The minimum Gasteiger partial charge on any atom is -0.493 e. The summed E-state index contributed by atoms with van der Waals surface area (Å²) in [6.07, 6.45) is 8.80. The number of rotatable bonds is 6. The van der Waals surface area contributed by atoms with Gasteiger partial charge in [-0.3, -0.25) is 4.79 Å². The van der Waals surface area contributed by atoms with Gasteiger partial charge in [-0.25, -0.2) is 21.8 Å². The summed E-state index contributed by atoms with van der Waals surface area (Å²) in [4.78, 5) is 16.2. The third kappa shape index (κ3) is 15.4. The van der Waals surface area contributed by atoms with Crippen LogP contribution < -0.4 is 10.3 Å². The number of sulfone groups is 2. The summed E-state index contributed by atoms with van der Waals surface area (Å²) in [5, 5.41) is 50.8. The number of fused-ring (bicyclic) bond motifs is 5. The number of hydrogen-bond donors (Lipinski definition) is 5. The number of aliphatic hydroxyl groups excluding tert-OH is 5. The van der Waals surface area contributed by atoms with Gasteiger partial charge < -0.3 is 44.0 Å². The molecule has 5 N–H and O–H groups in total. The predicted molar refractivity (Wildman–Crippen MR) is 309 cm³/mol. The standard InChI is InChI=1S/C13H18O4S.C12H17NO2.C12H19NO.C12H16O3S.C10H16N2O.2CH4/c1-8(2)11-7-17-12-6-9(18(3,15)16)4-5-10(12)13(11)14;1-8(2)9-6-7-13-10(12(9)15)4-3-5-11(13)14;1-9(2)10-5-3-7-13-8-4-6-11(13)12(10)14;1-8(2)10-7-16(14,15)11-6-4-3-5-9(11)12(10)13;1-7(2)8-3-5-12-6-4-11-10(12)9(8)13;;/h4-6,8,11,13-14H,7H2,1-3H3;3-5,8-9,12,15H,6-7H2,1-2H3;4,6,8-10,12,14H,3,5,7H2,1-2H3;3-6,8,10,12-13H,7H2,1-2H3;4,6-9,13H,3,5H2,1-2H3;2*1H4. The van der Waals surface area contributed by atoms with Gasteiger partial charge >= 0.3 is 0 Å². The van der Waals surface area contributed by atoms with E-state index >= 15 is 0 Å². The van der Waals surface area contributed by atoms with Crippen molar-refractivity contribution in [3.05, 3.63) is 130 Å². The predicted octanol–water partition coefficient (Wildman–Crippen LogP) is 10.6. The van der Waals surface area contributed by atoms with E-state index in [1.54, 1.807) is 53.2 Å². The van der Waals surface area contributed by atoms with Gasteiger partial charge in [-0.05, 0) is 115 Å². The average Bonchev–Trinajstić information content (AvgIpc) is 4.03. The molecule has 0 aliphatic carbocycles. The van der Waals surface area contributed by atoms with Crippen LogP contribution in [0.1, 0.15) is 169 Å². The number of imidazole rings is 1. The minimum atomic E-state index is -3.25. The maximum absolute atomic E-state index is 12.0.